The predicted molar refractivity (Wildman–Crippen MR) is 69.1 cm³/mol. The quantitative estimate of drug-likeness (QED) is 0.817. The largest absolute Gasteiger partial charge is 0.396 e. The molecule has 2 saturated heterocycles. The summed E-state index contributed by atoms with van der Waals surface area (Å²) in [5, 5.41) is 9.76. The lowest BCUT2D eigenvalue weighted by molar-refractivity contribution is -0.0412. The van der Waals surface area contributed by atoms with E-state index >= 15 is 0 Å². The highest BCUT2D eigenvalue weighted by molar-refractivity contribution is 4.91. The van der Waals surface area contributed by atoms with E-state index in [1.165, 1.54) is 19.3 Å². The van der Waals surface area contributed by atoms with E-state index in [-0.39, 0.29) is 5.41 Å². The van der Waals surface area contributed by atoms with E-state index in [0.29, 0.717) is 12.6 Å². The van der Waals surface area contributed by atoms with Gasteiger partial charge in [-0.15, -0.1) is 0 Å². The highest BCUT2D eigenvalue weighted by Crippen LogP contribution is 2.36. The maximum atomic E-state index is 9.76. The maximum Gasteiger partial charge on any atom is 0.0501 e. The first-order valence-corrected chi connectivity index (χ1v) is 7.15. The molecule has 0 aromatic carbocycles. The fraction of sp³-hybridized carbons (Fsp3) is 1.00. The molecule has 0 aromatic rings. The van der Waals surface area contributed by atoms with Gasteiger partial charge in [0.1, 0.15) is 0 Å². The zero-order valence-corrected chi connectivity index (χ0v) is 11.3. The SMILES string of the molecule is CCC1CCC(C)N1CC1(CO)CCOCC1. The Morgan fingerprint density at radius 1 is 1.29 bits per heavy atom. The summed E-state index contributed by atoms with van der Waals surface area (Å²) in [5.74, 6) is 0. The van der Waals surface area contributed by atoms with Crippen LogP contribution >= 0.6 is 0 Å². The number of aliphatic hydroxyl groups is 1. The number of aliphatic hydroxyl groups excluding tert-OH is 1. The molecule has 100 valence electrons. The van der Waals surface area contributed by atoms with Crippen molar-refractivity contribution in [1.29, 1.82) is 0 Å². The zero-order valence-electron chi connectivity index (χ0n) is 11.3. The van der Waals surface area contributed by atoms with Crippen LogP contribution in [0.25, 0.3) is 0 Å². The lowest BCUT2D eigenvalue weighted by Crippen LogP contribution is -2.47. The van der Waals surface area contributed by atoms with Gasteiger partial charge in [0.05, 0.1) is 6.61 Å². The Labute approximate surface area is 105 Å². The van der Waals surface area contributed by atoms with Gasteiger partial charge in [0.15, 0.2) is 0 Å². The van der Waals surface area contributed by atoms with Crippen molar-refractivity contribution in [2.24, 2.45) is 5.41 Å². The number of nitrogens with zero attached hydrogens (tertiary/aromatic N) is 1. The molecule has 2 heterocycles. The molecule has 2 atom stereocenters. The Kier molecular flexibility index (Phi) is 4.45. The smallest absolute Gasteiger partial charge is 0.0501 e. The van der Waals surface area contributed by atoms with Crippen molar-refractivity contribution in [2.45, 2.75) is 58.0 Å². The van der Waals surface area contributed by atoms with E-state index < -0.39 is 0 Å². The third-order valence-corrected chi connectivity index (χ3v) is 4.83. The van der Waals surface area contributed by atoms with Gasteiger partial charge in [-0.2, -0.15) is 0 Å². The van der Waals surface area contributed by atoms with Crippen LogP contribution in [0.2, 0.25) is 0 Å². The molecule has 0 aliphatic carbocycles. The van der Waals surface area contributed by atoms with Crippen molar-refractivity contribution >= 4 is 0 Å². The second kappa shape index (κ2) is 5.68. The molecule has 0 amide bonds. The van der Waals surface area contributed by atoms with Crippen LogP contribution in [0, 0.1) is 5.41 Å². The molecule has 1 N–H and O–H groups in total. The molecule has 3 nitrogen and oxygen atoms in total. The van der Waals surface area contributed by atoms with Crippen molar-refractivity contribution in [3.05, 3.63) is 0 Å². The van der Waals surface area contributed by atoms with E-state index in [2.05, 4.69) is 18.7 Å². The minimum absolute atomic E-state index is 0.101. The average molecular weight is 241 g/mol. The topological polar surface area (TPSA) is 32.7 Å². The molecule has 2 aliphatic rings. The van der Waals surface area contributed by atoms with Gasteiger partial charge in [0, 0.05) is 37.3 Å². The summed E-state index contributed by atoms with van der Waals surface area (Å²) in [5.41, 5.74) is 0.101. The average Bonchev–Trinajstić information content (AvgIpc) is 2.72. The van der Waals surface area contributed by atoms with E-state index in [1.807, 2.05) is 0 Å². The molecule has 2 fully saturated rings. The van der Waals surface area contributed by atoms with Crippen LogP contribution in [0.3, 0.4) is 0 Å². The van der Waals surface area contributed by atoms with Gasteiger partial charge in [0.25, 0.3) is 0 Å². The van der Waals surface area contributed by atoms with Gasteiger partial charge in [-0.25, -0.2) is 0 Å². The summed E-state index contributed by atoms with van der Waals surface area (Å²) in [7, 11) is 0. The molecule has 0 spiro atoms. The Bertz CT molecular complexity index is 238. The van der Waals surface area contributed by atoms with Gasteiger partial charge in [0.2, 0.25) is 0 Å². The molecule has 3 heteroatoms. The normalized spacial score (nSPS) is 34.1. The molecular weight excluding hydrogens is 214 g/mol. The van der Waals surface area contributed by atoms with Crippen molar-refractivity contribution < 1.29 is 9.84 Å². The molecule has 0 aromatic heterocycles. The Hall–Kier alpha value is -0.120. The summed E-state index contributed by atoms with van der Waals surface area (Å²) < 4.78 is 5.44. The second-order valence-corrected chi connectivity index (χ2v) is 5.93. The third kappa shape index (κ3) is 2.83. The Morgan fingerprint density at radius 2 is 2.00 bits per heavy atom. The summed E-state index contributed by atoms with van der Waals surface area (Å²) >= 11 is 0. The minimum atomic E-state index is 0.101. The molecule has 0 radical (unpaired) electrons. The first-order valence-electron chi connectivity index (χ1n) is 7.15. The van der Waals surface area contributed by atoms with Gasteiger partial charge in [-0.05, 0) is 39.0 Å². The van der Waals surface area contributed by atoms with Gasteiger partial charge in [-0.3, -0.25) is 4.90 Å². The highest BCUT2D eigenvalue weighted by atomic mass is 16.5. The second-order valence-electron chi connectivity index (χ2n) is 5.93. The van der Waals surface area contributed by atoms with E-state index in [9.17, 15) is 5.11 Å². The van der Waals surface area contributed by atoms with Crippen LogP contribution in [-0.4, -0.2) is 48.5 Å². The molecule has 0 saturated carbocycles. The fourth-order valence-corrected chi connectivity index (χ4v) is 3.41. The van der Waals surface area contributed by atoms with Crippen molar-refractivity contribution in [2.75, 3.05) is 26.4 Å². The van der Waals surface area contributed by atoms with Crippen molar-refractivity contribution in [3.8, 4) is 0 Å². The molecule has 2 unspecified atom stereocenters. The number of ether oxygens (including phenoxy) is 1. The number of rotatable bonds is 4. The Morgan fingerprint density at radius 3 is 2.59 bits per heavy atom. The predicted octanol–water partition coefficient (Wildman–Crippen LogP) is 2.04. The fourth-order valence-electron chi connectivity index (χ4n) is 3.41. The van der Waals surface area contributed by atoms with Crippen LogP contribution < -0.4 is 0 Å². The highest BCUT2D eigenvalue weighted by Gasteiger charge is 2.39. The number of likely N-dealkylation sites (tertiary alicyclic amines) is 1. The standard InChI is InChI=1S/C14H27NO2/c1-3-13-5-4-12(2)15(13)10-14(11-16)6-8-17-9-7-14/h12-13,16H,3-11H2,1-2H3. The molecule has 2 aliphatic heterocycles. The Balaban J connectivity index is 2.01. The summed E-state index contributed by atoms with van der Waals surface area (Å²) in [6, 6.07) is 1.42. The number of hydrogen-bond acceptors (Lipinski definition) is 3. The summed E-state index contributed by atoms with van der Waals surface area (Å²) in [6.45, 7) is 7.63. The first kappa shape index (κ1) is 13.3. The molecule has 0 bridgehead atoms. The lowest BCUT2D eigenvalue weighted by Gasteiger charge is -2.41. The molecular formula is C14H27NO2. The number of hydrogen-bond donors (Lipinski definition) is 1. The van der Waals surface area contributed by atoms with Crippen molar-refractivity contribution in [1.82, 2.24) is 4.90 Å². The first-order chi connectivity index (χ1) is 8.21. The van der Waals surface area contributed by atoms with Crippen LogP contribution in [0.4, 0.5) is 0 Å². The van der Waals surface area contributed by atoms with Crippen LogP contribution in [0.5, 0.6) is 0 Å². The van der Waals surface area contributed by atoms with Crippen LogP contribution in [0.15, 0.2) is 0 Å². The van der Waals surface area contributed by atoms with Gasteiger partial charge >= 0.3 is 0 Å². The third-order valence-electron chi connectivity index (χ3n) is 4.83. The summed E-state index contributed by atoms with van der Waals surface area (Å²) in [6.07, 6.45) is 5.92. The monoisotopic (exact) mass is 241 g/mol. The van der Waals surface area contributed by atoms with E-state index in [4.69, 9.17) is 4.74 Å². The summed E-state index contributed by atoms with van der Waals surface area (Å²) in [4.78, 5) is 2.64. The molecule has 2 rings (SSSR count). The van der Waals surface area contributed by atoms with Crippen LogP contribution in [0.1, 0.15) is 46.0 Å². The maximum absolute atomic E-state index is 9.76. The minimum Gasteiger partial charge on any atom is -0.396 e. The van der Waals surface area contributed by atoms with Gasteiger partial charge < -0.3 is 9.84 Å². The van der Waals surface area contributed by atoms with E-state index in [1.54, 1.807) is 0 Å². The van der Waals surface area contributed by atoms with Crippen molar-refractivity contribution in [3.63, 3.8) is 0 Å². The lowest BCUT2D eigenvalue weighted by atomic mass is 9.80. The molecule has 17 heavy (non-hydrogen) atoms. The van der Waals surface area contributed by atoms with E-state index in [0.717, 1.165) is 38.6 Å². The van der Waals surface area contributed by atoms with Crippen LogP contribution in [-0.2, 0) is 4.74 Å². The zero-order chi connectivity index (χ0) is 12.3. The van der Waals surface area contributed by atoms with Gasteiger partial charge in [-0.1, -0.05) is 6.92 Å².